The minimum absolute atomic E-state index is 0.0181. The first-order valence-corrected chi connectivity index (χ1v) is 9.25. The Morgan fingerprint density at radius 1 is 1.16 bits per heavy atom. The van der Waals surface area contributed by atoms with Crippen molar-refractivity contribution in [1.82, 2.24) is 5.32 Å². The topological polar surface area (TPSA) is 38.3 Å². The van der Waals surface area contributed by atoms with Gasteiger partial charge in [0.05, 0.1) is 12.6 Å². The fraction of sp³-hybridized carbons (Fsp3) is 0.409. The summed E-state index contributed by atoms with van der Waals surface area (Å²) in [4.78, 5) is 12.6. The van der Waals surface area contributed by atoms with Crippen molar-refractivity contribution in [3.8, 4) is 5.75 Å². The van der Waals surface area contributed by atoms with Crippen molar-refractivity contribution in [1.29, 1.82) is 0 Å². The molecule has 0 spiro atoms. The zero-order valence-corrected chi connectivity index (χ0v) is 15.1. The molecular weight excluding hydrogens is 310 g/mol. The van der Waals surface area contributed by atoms with Gasteiger partial charge in [0.1, 0.15) is 5.75 Å². The van der Waals surface area contributed by atoms with Crippen molar-refractivity contribution in [2.75, 3.05) is 6.61 Å². The lowest BCUT2D eigenvalue weighted by Gasteiger charge is -2.26. The normalized spacial score (nSPS) is 16.4. The summed E-state index contributed by atoms with van der Waals surface area (Å²) < 4.78 is 5.72. The molecule has 1 N–H and O–H groups in total. The zero-order chi connectivity index (χ0) is 17.6. The molecule has 25 heavy (non-hydrogen) atoms. The van der Waals surface area contributed by atoms with Crippen LogP contribution in [0.3, 0.4) is 0 Å². The summed E-state index contributed by atoms with van der Waals surface area (Å²) in [6.07, 6.45) is 4.25. The van der Waals surface area contributed by atoms with Crippen LogP contribution in [0.15, 0.2) is 48.5 Å². The highest BCUT2D eigenvalue weighted by Gasteiger charge is 2.21. The molecule has 2 aromatic rings. The molecule has 0 aliphatic heterocycles. The lowest BCUT2D eigenvalue weighted by molar-refractivity contribution is 0.0932. The second-order valence-electron chi connectivity index (χ2n) is 7.17. The van der Waals surface area contributed by atoms with Crippen LogP contribution in [0.25, 0.3) is 0 Å². The summed E-state index contributed by atoms with van der Waals surface area (Å²) in [5.74, 6) is 1.43. The molecular formula is C22H27NO2. The van der Waals surface area contributed by atoms with Crippen LogP contribution >= 0.6 is 0 Å². The van der Waals surface area contributed by atoms with Crippen molar-refractivity contribution in [3.05, 3.63) is 65.2 Å². The number of benzene rings is 2. The average molecular weight is 337 g/mol. The van der Waals surface area contributed by atoms with Gasteiger partial charge in [0.2, 0.25) is 0 Å². The molecule has 1 aliphatic rings. The standard InChI is InChI=1S/C22H27NO2/c1-16(2)14-15-25-19-12-10-18(11-13-19)22(24)23-21-9-5-7-17-6-3-4-8-20(17)21/h3-4,6,8,10-13,16,21H,5,7,9,14-15H2,1-2H3,(H,23,24). The average Bonchev–Trinajstić information content (AvgIpc) is 2.62. The van der Waals surface area contributed by atoms with E-state index in [1.807, 2.05) is 30.3 Å². The van der Waals surface area contributed by atoms with Crippen LogP contribution in [-0.4, -0.2) is 12.5 Å². The minimum atomic E-state index is -0.0181. The third-order valence-corrected chi connectivity index (χ3v) is 4.76. The number of fused-ring (bicyclic) bond motifs is 1. The van der Waals surface area contributed by atoms with E-state index < -0.39 is 0 Å². The molecule has 1 amide bonds. The third-order valence-electron chi connectivity index (χ3n) is 4.76. The van der Waals surface area contributed by atoms with Crippen LogP contribution in [0.1, 0.15) is 60.6 Å². The number of hydrogen-bond acceptors (Lipinski definition) is 2. The second kappa shape index (κ2) is 8.19. The van der Waals surface area contributed by atoms with Gasteiger partial charge in [0.25, 0.3) is 5.91 Å². The van der Waals surface area contributed by atoms with Gasteiger partial charge < -0.3 is 10.1 Å². The molecule has 2 aromatic carbocycles. The Bertz CT molecular complexity index is 706. The maximum Gasteiger partial charge on any atom is 0.251 e. The molecule has 1 atom stereocenters. The summed E-state index contributed by atoms with van der Waals surface area (Å²) in [5, 5.41) is 3.19. The minimum Gasteiger partial charge on any atom is -0.494 e. The van der Waals surface area contributed by atoms with Gasteiger partial charge in [-0.1, -0.05) is 38.1 Å². The molecule has 3 heteroatoms. The quantitative estimate of drug-likeness (QED) is 0.812. The fourth-order valence-electron chi connectivity index (χ4n) is 3.26. The van der Waals surface area contributed by atoms with Crippen molar-refractivity contribution in [2.45, 2.75) is 45.6 Å². The van der Waals surface area contributed by atoms with Crippen molar-refractivity contribution in [3.63, 3.8) is 0 Å². The lowest BCUT2D eigenvalue weighted by atomic mass is 9.87. The van der Waals surface area contributed by atoms with Crippen LogP contribution < -0.4 is 10.1 Å². The maximum atomic E-state index is 12.6. The molecule has 0 heterocycles. The van der Waals surface area contributed by atoms with Crippen molar-refractivity contribution < 1.29 is 9.53 Å². The van der Waals surface area contributed by atoms with Crippen LogP contribution in [0.4, 0.5) is 0 Å². The molecule has 0 saturated heterocycles. The number of hydrogen-bond donors (Lipinski definition) is 1. The summed E-state index contributed by atoms with van der Waals surface area (Å²) in [6, 6.07) is 16.0. The highest BCUT2D eigenvalue weighted by Crippen LogP contribution is 2.29. The number of carbonyl (C=O) groups is 1. The van der Waals surface area contributed by atoms with Gasteiger partial charge in [-0.3, -0.25) is 4.79 Å². The van der Waals surface area contributed by atoms with E-state index in [-0.39, 0.29) is 11.9 Å². The van der Waals surface area contributed by atoms with E-state index in [2.05, 4.69) is 37.4 Å². The molecule has 1 aliphatic carbocycles. The Morgan fingerprint density at radius 2 is 1.92 bits per heavy atom. The van der Waals surface area contributed by atoms with Crippen molar-refractivity contribution in [2.24, 2.45) is 5.92 Å². The highest BCUT2D eigenvalue weighted by molar-refractivity contribution is 5.94. The number of nitrogens with one attached hydrogen (secondary N) is 1. The number of amides is 1. The van der Waals surface area contributed by atoms with Gasteiger partial charge in [0, 0.05) is 5.56 Å². The van der Waals surface area contributed by atoms with Gasteiger partial charge in [0.15, 0.2) is 0 Å². The van der Waals surface area contributed by atoms with Crippen LogP contribution in [-0.2, 0) is 6.42 Å². The van der Waals surface area contributed by atoms with E-state index in [4.69, 9.17) is 4.74 Å². The van der Waals surface area contributed by atoms with E-state index in [0.29, 0.717) is 18.1 Å². The summed E-state index contributed by atoms with van der Waals surface area (Å²) in [6.45, 7) is 5.07. The van der Waals surface area contributed by atoms with Crippen LogP contribution in [0, 0.1) is 5.92 Å². The van der Waals surface area contributed by atoms with E-state index >= 15 is 0 Å². The number of aryl methyl sites for hydroxylation is 1. The van der Waals surface area contributed by atoms with Gasteiger partial charge >= 0.3 is 0 Å². The lowest BCUT2D eigenvalue weighted by Crippen LogP contribution is -2.30. The Kier molecular flexibility index (Phi) is 5.75. The Morgan fingerprint density at radius 3 is 2.68 bits per heavy atom. The number of rotatable bonds is 6. The maximum absolute atomic E-state index is 12.6. The van der Waals surface area contributed by atoms with Gasteiger partial charge in [-0.2, -0.15) is 0 Å². The molecule has 132 valence electrons. The van der Waals surface area contributed by atoms with E-state index in [1.54, 1.807) is 0 Å². The summed E-state index contributed by atoms with van der Waals surface area (Å²) in [5.41, 5.74) is 3.29. The first-order chi connectivity index (χ1) is 12.1. The van der Waals surface area contributed by atoms with E-state index in [0.717, 1.165) is 31.4 Å². The molecule has 3 rings (SSSR count). The highest BCUT2D eigenvalue weighted by atomic mass is 16.5. The Labute approximate surface area is 150 Å². The van der Waals surface area contributed by atoms with E-state index in [1.165, 1.54) is 11.1 Å². The third kappa shape index (κ3) is 4.62. The molecule has 0 radical (unpaired) electrons. The van der Waals surface area contributed by atoms with Gasteiger partial charge in [-0.25, -0.2) is 0 Å². The predicted octanol–water partition coefficient (Wildman–Crippen LogP) is 4.92. The zero-order valence-electron chi connectivity index (χ0n) is 15.1. The molecule has 0 saturated carbocycles. The fourth-order valence-corrected chi connectivity index (χ4v) is 3.26. The summed E-state index contributed by atoms with van der Waals surface area (Å²) in [7, 11) is 0. The molecule has 0 bridgehead atoms. The van der Waals surface area contributed by atoms with Crippen LogP contribution in [0.5, 0.6) is 5.75 Å². The smallest absolute Gasteiger partial charge is 0.251 e. The Hall–Kier alpha value is -2.29. The van der Waals surface area contributed by atoms with Gasteiger partial charge in [-0.15, -0.1) is 0 Å². The van der Waals surface area contributed by atoms with E-state index in [9.17, 15) is 4.79 Å². The van der Waals surface area contributed by atoms with Crippen LogP contribution in [0.2, 0.25) is 0 Å². The molecule has 3 nitrogen and oxygen atoms in total. The molecule has 1 unspecified atom stereocenters. The largest absolute Gasteiger partial charge is 0.494 e. The first kappa shape index (κ1) is 17.5. The SMILES string of the molecule is CC(C)CCOc1ccc(C(=O)NC2CCCc3ccccc32)cc1. The monoisotopic (exact) mass is 337 g/mol. The Balaban J connectivity index is 1.60. The number of carbonyl (C=O) groups excluding carboxylic acids is 1. The number of ether oxygens (including phenoxy) is 1. The first-order valence-electron chi connectivity index (χ1n) is 9.25. The predicted molar refractivity (Wildman–Crippen MR) is 101 cm³/mol. The molecule has 0 aromatic heterocycles. The van der Waals surface area contributed by atoms with Gasteiger partial charge in [-0.05, 0) is 67.0 Å². The molecule has 0 fully saturated rings. The summed E-state index contributed by atoms with van der Waals surface area (Å²) >= 11 is 0. The van der Waals surface area contributed by atoms with Crippen molar-refractivity contribution >= 4 is 5.91 Å². The second-order valence-corrected chi connectivity index (χ2v) is 7.17.